The molecule has 0 radical (unpaired) electrons. The fourth-order valence-corrected chi connectivity index (χ4v) is 1.65. The number of carboxylic acids is 1. The summed E-state index contributed by atoms with van der Waals surface area (Å²) in [5.41, 5.74) is 1.69. The molecule has 0 saturated carbocycles. The molecule has 4 nitrogen and oxygen atoms in total. The van der Waals surface area contributed by atoms with Crippen molar-refractivity contribution >= 4 is 17.6 Å². The van der Waals surface area contributed by atoms with E-state index >= 15 is 0 Å². The highest BCUT2D eigenvalue weighted by Crippen LogP contribution is 2.21. The largest absolute Gasteiger partial charge is 0.478 e. The normalized spacial score (nSPS) is 14.9. The van der Waals surface area contributed by atoms with Crippen LogP contribution in [0.4, 0.5) is 0 Å². The highest BCUT2D eigenvalue weighted by atomic mass is 35.5. The Balaban J connectivity index is 2.50. The minimum Gasteiger partial charge on any atom is -0.478 e. The van der Waals surface area contributed by atoms with E-state index < -0.39 is 5.97 Å². The molecule has 1 aromatic heterocycles. The molecule has 0 saturated heterocycles. The Morgan fingerprint density at radius 2 is 2.43 bits per heavy atom. The number of ether oxygens (including phenoxy) is 1. The zero-order valence-corrected chi connectivity index (χ0v) is 8.04. The first-order chi connectivity index (χ1) is 6.68. The molecule has 14 heavy (non-hydrogen) atoms. The van der Waals surface area contributed by atoms with E-state index in [1.807, 2.05) is 0 Å². The summed E-state index contributed by atoms with van der Waals surface area (Å²) in [6.45, 7) is 1.03. The molecule has 0 aliphatic carbocycles. The summed E-state index contributed by atoms with van der Waals surface area (Å²) in [7, 11) is 0. The van der Waals surface area contributed by atoms with Crippen LogP contribution < -0.4 is 0 Å². The van der Waals surface area contributed by atoms with Crippen molar-refractivity contribution in [2.75, 3.05) is 6.61 Å². The molecule has 0 aromatic carbocycles. The Morgan fingerprint density at radius 1 is 1.64 bits per heavy atom. The van der Waals surface area contributed by atoms with Crippen molar-refractivity contribution in [3.63, 3.8) is 0 Å². The summed E-state index contributed by atoms with van der Waals surface area (Å²) in [6, 6.07) is 1.53. The molecule has 0 bridgehead atoms. The van der Waals surface area contributed by atoms with E-state index in [1.165, 1.54) is 6.07 Å². The number of nitrogens with zero attached hydrogens (tertiary/aromatic N) is 1. The zero-order valence-electron chi connectivity index (χ0n) is 7.29. The summed E-state index contributed by atoms with van der Waals surface area (Å²) >= 11 is 5.72. The lowest BCUT2D eigenvalue weighted by Crippen LogP contribution is -2.14. The van der Waals surface area contributed by atoms with Crippen molar-refractivity contribution in [3.8, 4) is 0 Å². The van der Waals surface area contributed by atoms with Gasteiger partial charge in [0.05, 0.1) is 18.8 Å². The van der Waals surface area contributed by atoms with Crippen LogP contribution in [0.5, 0.6) is 0 Å². The van der Waals surface area contributed by atoms with Gasteiger partial charge in [-0.1, -0.05) is 11.6 Å². The van der Waals surface area contributed by atoms with Crippen LogP contribution in [0, 0.1) is 0 Å². The van der Waals surface area contributed by atoms with E-state index in [4.69, 9.17) is 21.4 Å². The monoisotopic (exact) mass is 213 g/mol. The van der Waals surface area contributed by atoms with Crippen LogP contribution in [0.25, 0.3) is 0 Å². The van der Waals surface area contributed by atoms with Crippen molar-refractivity contribution in [2.45, 2.75) is 13.0 Å². The lowest BCUT2D eigenvalue weighted by molar-refractivity contribution is 0.0695. The van der Waals surface area contributed by atoms with Crippen molar-refractivity contribution < 1.29 is 14.6 Å². The molecule has 0 fully saturated rings. The molecule has 1 aliphatic rings. The van der Waals surface area contributed by atoms with E-state index in [2.05, 4.69) is 4.98 Å². The predicted molar refractivity (Wildman–Crippen MR) is 49.6 cm³/mol. The van der Waals surface area contributed by atoms with E-state index in [9.17, 15) is 4.79 Å². The Bertz CT molecular complexity index is 392. The Hall–Kier alpha value is -1.13. The number of hydrogen-bond acceptors (Lipinski definition) is 3. The Kier molecular flexibility index (Phi) is 2.39. The van der Waals surface area contributed by atoms with Gasteiger partial charge in [0.25, 0.3) is 0 Å². The second-order valence-corrected chi connectivity index (χ2v) is 3.40. The maximum Gasteiger partial charge on any atom is 0.338 e. The summed E-state index contributed by atoms with van der Waals surface area (Å²) in [4.78, 5) is 14.8. The minimum atomic E-state index is -1.06. The quantitative estimate of drug-likeness (QED) is 0.719. The van der Waals surface area contributed by atoms with E-state index in [-0.39, 0.29) is 10.7 Å². The fraction of sp³-hybridized carbons (Fsp3) is 0.333. The van der Waals surface area contributed by atoms with E-state index in [1.54, 1.807) is 0 Å². The van der Waals surface area contributed by atoms with Gasteiger partial charge < -0.3 is 9.84 Å². The van der Waals surface area contributed by atoms with Gasteiger partial charge in [-0.3, -0.25) is 0 Å². The highest BCUT2D eigenvalue weighted by molar-refractivity contribution is 6.32. The molecule has 1 N–H and O–H groups in total. The molecule has 0 unspecified atom stereocenters. The average Bonchev–Trinajstić information content (AvgIpc) is 2.16. The molecule has 0 atom stereocenters. The molecule has 1 aromatic rings. The number of rotatable bonds is 1. The van der Waals surface area contributed by atoms with Crippen molar-refractivity contribution in [3.05, 3.63) is 28.0 Å². The predicted octanol–water partition coefficient (Wildman–Crippen LogP) is 1.51. The highest BCUT2D eigenvalue weighted by Gasteiger charge is 2.17. The number of aromatic nitrogens is 1. The van der Waals surface area contributed by atoms with Crippen LogP contribution in [-0.4, -0.2) is 22.7 Å². The molecular weight excluding hydrogens is 206 g/mol. The van der Waals surface area contributed by atoms with Gasteiger partial charge in [0.2, 0.25) is 0 Å². The molecule has 2 heterocycles. The van der Waals surface area contributed by atoms with E-state index in [0.717, 1.165) is 11.3 Å². The van der Waals surface area contributed by atoms with Gasteiger partial charge in [-0.25, -0.2) is 9.78 Å². The third-order valence-electron chi connectivity index (χ3n) is 2.12. The topological polar surface area (TPSA) is 59.4 Å². The van der Waals surface area contributed by atoms with Crippen LogP contribution in [0.15, 0.2) is 6.07 Å². The number of carbonyl (C=O) groups is 1. The standard InChI is InChI=1S/C9H8ClNO3/c10-8-6(9(12)13)3-5-4-14-2-1-7(5)11-8/h3H,1-2,4H2,(H,12,13). The molecular formula is C9H8ClNO3. The van der Waals surface area contributed by atoms with Crippen molar-refractivity contribution in [2.24, 2.45) is 0 Å². The third-order valence-corrected chi connectivity index (χ3v) is 2.40. The van der Waals surface area contributed by atoms with Crippen molar-refractivity contribution in [1.29, 1.82) is 0 Å². The smallest absolute Gasteiger partial charge is 0.338 e. The maximum atomic E-state index is 10.7. The van der Waals surface area contributed by atoms with Crippen LogP contribution in [0.3, 0.4) is 0 Å². The first kappa shape index (κ1) is 9.43. The van der Waals surface area contributed by atoms with Gasteiger partial charge >= 0.3 is 5.97 Å². The number of hydrogen-bond donors (Lipinski definition) is 1. The molecule has 5 heteroatoms. The Morgan fingerprint density at radius 3 is 3.14 bits per heavy atom. The number of pyridine rings is 1. The van der Waals surface area contributed by atoms with Gasteiger partial charge in [0, 0.05) is 17.7 Å². The van der Waals surface area contributed by atoms with Gasteiger partial charge in [-0.05, 0) is 6.07 Å². The summed E-state index contributed by atoms with van der Waals surface area (Å²) in [5, 5.41) is 8.86. The minimum absolute atomic E-state index is 0.0379. The van der Waals surface area contributed by atoms with Crippen LogP contribution in [0.2, 0.25) is 5.15 Å². The lowest BCUT2D eigenvalue weighted by atomic mass is 10.1. The fourth-order valence-electron chi connectivity index (χ4n) is 1.41. The molecule has 1 aliphatic heterocycles. The van der Waals surface area contributed by atoms with Gasteiger partial charge in [-0.2, -0.15) is 0 Å². The van der Waals surface area contributed by atoms with Crippen LogP contribution in [-0.2, 0) is 17.8 Å². The molecule has 2 rings (SSSR count). The molecule has 74 valence electrons. The van der Waals surface area contributed by atoms with Gasteiger partial charge in [0.15, 0.2) is 0 Å². The maximum absolute atomic E-state index is 10.7. The summed E-state index contributed by atoms with van der Waals surface area (Å²) < 4.78 is 5.19. The first-order valence-electron chi connectivity index (χ1n) is 4.18. The van der Waals surface area contributed by atoms with Gasteiger partial charge in [0.1, 0.15) is 5.15 Å². The number of carboxylic acid groups (broad SMARTS) is 1. The number of aromatic carboxylic acids is 1. The van der Waals surface area contributed by atoms with E-state index in [0.29, 0.717) is 19.6 Å². The molecule has 0 spiro atoms. The second kappa shape index (κ2) is 3.55. The lowest BCUT2D eigenvalue weighted by Gasteiger charge is -2.16. The third kappa shape index (κ3) is 1.58. The van der Waals surface area contributed by atoms with Crippen molar-refractivity contribution in [1.82, 2.24) is 4.98 Å². The SMILES string of the molecule is O=C(O)c1cc2c(nc1Cl)CCOC2. The summed E-state index contributed by atoms with van der Waals surface area (Å²) in [6.07, 6.45) is 0.689. The second-order valence-electron chi connectivity index (χ2n) is 3.04. The Labute approximate surface area is 85.5 Å². The first-order valence-corrected chi connectivity index (χ1v) is 4.55. The van der Waals surface area contributed by atoms with Crippen LogP contribution in [0.1, 0.15) is 21.6 Å². The average molecular weight is 214 g/mol. The number of halogens is 1. The molecule has 0 amide bonds. The number of fused-ring (bicyclic) bond motifs is 1. The van der Waals surface area contributed by atoms with Crippen LogP contribution >= 0.6 is 11.6 Å². The summed E-state index contributed by atoms with van der Waals surface area (Å²) in [5.74, 6) is -1.06. The zero-order chi connectivity index (χ0) is 10.1. The van der Waals surface area contributed by atoms with Gasteiger partial charge in [-0.15, -0.1) is 0 Å².